The molecule has 1 heterocycles. The van der Waals surface area contributed by atoms with Crippen LogP contribution in [0.25, 0.3) is 0 Å². The first-order valence-electron chi connectivity index (χ1n) is 11.6. The normalized spacial score (nSPS) is 17.1. The molecule has 0 bridgehead atoms. The standard InChI is InChI=1S/C25H30F3N3O2/c1-29-14-6-11-22(29)16-30(21-12-13-21)23(32)17-31(20-9-3-2-4-10-20)24(33)18-7-5-8-19(15-18)25(26,27)28/h5-8,11,14-15,20-21H,2-4,9-10,12-13,16-17H2,1H3. The van der Waals surface area contributed by atoms with Crippen LogP contribution in [0.5, 0.6) is 0 Å². The predicted molar refractivity (Wildman–Crippen MR) is 118 cm³/mol. The zero-order valence-corrected chi connectivity index (χ0v) is 18.9. The van der Waals surface area contributed by atoms with Crippen molar-refractivity contribution in [3.63, 3.8) is 0 Å². The Labute approximate surface area is 192 Å². The Hall–Kier alpha value is -2.77. The molecule has 0 aliphatic heterocycles. The Morgan fingerprint density at radius 3 is 2.27 bits per heavy atom. The third-order valence-electron chi connectivity index (χ3n) is 6.71. The molecule has 0 saturated heterocycles. The highest BCUT2D eigenvalue weighted by molar-refractivity contribution is 5.97. The van der Waals surface area contributed by atoms with Crippen molar-refractivity contribution in [3.8, 4) is 0 Å². The molecule has 0 N–H and O–H groups in total. The van der Waals surface area contributed by atoms with Crippen molar-refractivity contribution in [2.75, 3.05) is 6.54 Å². The number of aryl methyl sites for hydroxylation is 1. The van der Waals surface area contributed by atoms with E-state index in [2.05, 4.69) is 0 Å². The van der Waals surface area contributed by atoms with Crippen molar-refractivity contribution in [1.29, 1.82) is 0 Å². The van der Waals surface area contributed by atoms with Gasteiger partial charge in [0.05, 0.1) is 12.1 Å². The van der Waals surface area contributed by atoms with E-state index in [4.69, 9.17) is 0 Å². The van der Waals surface area contributed by atoms with E-state index in [9.17, 15) is 22.8 Å². The maximum atomic E-state index is 13.4. The van der Waals surface area contributed by atoms with E-state index >= 15 is 0 Å². The fourth-order valence-corrected chi connectivity index (χ4v) is 4.63. The van der Waals surface area contributed by atoms with Crippen LogP contribution in [0, 0.1) is 0 Å². The van der Waals surface area contributed by atoms with Crippen LogP contribution in [0.15, 0.2) is 42.6 Å². The minimum atomic E-state index is -4.53. The van der Waals surface area contributed by atoms with Crippen LogP contribution >= 0.6 is 0 Å². The summed E-state index contributed by atoms with van der Waals surface area (Å²) in [6, 6.07) is 8.42. The Morgan fingerprint density at radius 1 is 0.970 bits per heavy atom. The zero-order valence-electron chi connectivity index (χ0n) is 18.9. The van der Waals surface area contributed by atoms with E-state index in [1.807, 2.05) is 34.8 Å². The molecule has 178 valence electrons. The molecule has 1 aromatic heterocycles. The van der Waals surface area contributed by atoms with E-state index < -0.39 is 17.6 Å². The number of amides is 2. The minimum Gasteiger partial charge on any atom is -0.353 e. The average molecular weight is 462 g/mol. The summed E-state index contributed by atoms with van der Waals surface area (Å²) in [6.07, 6.45) is 3.75. The number of carbonyl (C=O) groups is 2. The number of aromatic nitrogens is 1. The van der Waals surface area contributed by atoms with E-state index in [1.165, 1.54) is 17.0 Å². The van der Waals surface area contributed by atoms with Gasteiger partial charge in [-0.05, 0) is 56.0 Å². The van der Waals surface area contributed by atoms with Gasteiger partial charge in [-0.2, -0.15) is 13.2 Å². The summed E-state index contributed by atoms with van der Waals surface area (Å²) in [5.74, 6) is -0.652. The maximum Gasteiger partial charge on any atom is 0.416 e. The second kappa shape index (κ2) is 9.61. The lowest BCUT2D eigenvalue weighted by Gasteiger charge is -2.35. The Kier molecular flexibility index (Phi) is 6.81. The van der Waals surface area contributed by atoms with Gasteiger partial charge in [0.2, 0.25) is 5.91 Å². The first kappa shape index (κ1) is 23.4. The van der Waals surface area contributed by atoms with Crippen LogP contribution in [0.4, 0.5) is 13.2 Å². The number of rotatable bonds is 7. The number of hydrogen-bond donors (Lipinski definition) is 0. The van der Waals surface area contributed by atoms with Crippen molar-refractivity contribution >= 4 is 11.8 Å². The van der Waals surface area contributed by atoms with E-state index in [-0.39, 0.29) is 30.1 Å². The number of carbonyl (C=O) groups excluding carboxylic acids is 2. The van der Waals surface area contributed by atoms with E-state index in [0.29, 0.717) is 6.54 Å². The molecule has 0 unspecified atom stereocenters. The largest absolute Gasteiger partial charge is 0.416 e. The van der Waals surface area contributed by atoms with Crippen LogP contribution in [-0.4, -0.2) is 44.8 Å². The van der Waals surface area contributed by atoms with Gasteiger partial charge >= 0.3 is 6.18 Å². The molecule has 2 aliphatic rings. The van der Waals surface area contributed by atoms with Gasteiger partial charge in [0.1, 0.15) is 6.54 Å². The SMILES string of the molecule is Cn1cccc1CN(C(=O)CN(C(=O)c1cccc(C(F)(F)F)c1)C1CCCCC1)C1CC1. The molecule has 2 aliphatic carbocycles. The number of hydrogen-bond acceptors (Lipinski definition) is 2. The zero-order chi connectivity index (χ0) is 23.6. The van der Waals surface area contributed by atoms with Crippen molar-refractivity contribution in [2.24, 2.45) is 7.05 Å². The van der Waals surface area contributed by atoms with Crippen molar-refractivity contribution < 1.29 is 22.8 Å². The Morgan fingerprint density at radius 2 is 1.67 bits per heavy atom. The van der Waals surface area contributed by atoms with Crippen LogP contribution in [0.3, 0.4) is 0 Å². The topological polar surface area (TPSA) is 45.6 Å². The molecule has 2 aromatic rings. The Balaban J connectivity index is 1.57. The second-order valence-corrected chi connectivity index (χ2v) is 9.17. The molecule has 1 aromatic carbocycles. The van der Waals surface area contributed by atoms with Crippen LogP contribution in [0.1, 0.15) is 66.6 Å². The molecular formula is C25H30F3N3O2. The highest BCUT2D eigenvalue weighted by Crippen LogP contribution is 2.32. The first-order valence-corrected chi connectivity index (χ1v) is 11.6. The molecule has 5 nitrogen and oxygen atoms in total. The molecule has 0 radical (unpaired) electrons. The molecule has 2 fully saturated rings. The summed E-state index contributed by atoms with van der Waals surface area (Å²) in [4.78, 5) is 30.2. The quantitative estimate of drug-likeness (QED) is 0.582. The van der Waals surface area contributed by atoms with Gasteiger partial charge in [0, 0.05) is 36.6 Å². The molecule has 0 spiro atoms. The molecule has 33 heavy (non-hydrogen) atoms. The number of nitrogens with zero attached hydrogens (tertiary/aromatic N) is 3. The highest BCUT2D eigenvalue weighted by atomic mass is 19.4. The Bertz CT molecular complexity index is 991. The predicted octanol–water partition coefficient (Wildman–Crippen LogP) is 5.01. The third-order valence-corrected chi connectivity index (χ3v) is 6.71. The smallest absolute Gasteiger partial charge is 0.353 e. The lowest BCUT2D eigenvalue weighted by Crippen LogP contribution is -2.48. The van der Waals surface area contributed by atoms with Crippen molar-refractivity contribution in [2.45, 2.75) is 69.8 Å². The number of halogens is 3. The summed E-state index contributed by atoms with van der Waals surface area (Å²) >= 11 is 0. The van der Waals surface area contributed by atoms with Crippen molar-refractivity contribution in [1.82, 2.24) is 14.4 Å². The van der Waals surface area contributed by atoms with Gasteiger partial charge < -0.3 is 14.4 Å². The number of benzene rings is 1. The number of alkyl halides is 3. The maximum absolute atomic E-state index is 13.4. The van der Waals surface area contributed by atoms with Crippen molar-refractivity contribution in [3.05, 3.63) is 59.4 Å². The lowest BCUT2D eigenvalue weighted by atomic mass is 9.93. The van der Waals surface area contributed by atoms with Gasteiger partial charge in [0.25, 0.3) is 5.91 Å². The van der Waals surface area contributed by atoms with Gasteiger partial charge in [-0.25, -0.2) is 0 Å². The van der Waals surface area contributed by atoms with Gasteiger partial charge in [-0.15, -0.1) is 0 Å². The van der Waals surface area contributed by atoms with Crippen LogP contribution in [0.2, 0.25) is 0 Å². The fourth-order valence-electron chi connectivity index (χ4n) is 4.63. The molecule has 0 atom stereocenters. The molecule has 2 saturated carbocycles. The average Bonchev–Trinajstić information content (AvgIpc) is 3.56. The van der Waals surface area contributed by atoms with Gasteiger partial charge in [0.15, 0.2) is 0 Å². The molecule has 8 heteroatoms. The second-order valence-electron chi connectivity index (χ2n) is 9.17. The van der Waals surface area contributed by atoms with E-state index in [0.717, 1.165) is 62.8 Å². The van der Waals surface area contributed by atoms with Gasteiger partial charge in [-0.1, -0.05) is 25.3 Å². The van der Waals surface area contributed by atoms with Crippen LogP contribution < -0.4 is 0 Å². The van der Waals surface area contributed by atoms with E-state index in [1.54, 1.807) is 0 Å². The summed E-state index contributed by atoms with van der Waals surface area (Å²) in [5.41, 5.74) is 0.124. The summed E-state index contributed by atoms with van der Waals surface area (Å²) in [5, 5.41) is 0. The summed E-state index contributed by atoms with van der Waals surface area (Å²) in [7, 11) is 1.93. The minimum absolute atomic E-state index is 0.0244. The first-order chi connectivity index (χ1) is 15.7. The summed E-state index contributed by atoms with van der Waals surface area (Å²) < 4.78 is 41.6. The monoisotopic (exact) mass is 461 g/mol. The highest BCUT2D eigenvalue weighted by Gasteiger charge is 2.37. The third kappa shape index (κ3) is 5.60. The van der Waals surface area contributed by atoms with Gasteiger partial charge in [-0.3, -0.25) is 9.59 Å². The fraction of sp³-hybridized carbons (Fsp3) is 0.520. The molecular weight excluding hydrogens is 431 g/mol. The van der Waals surface area contributed by atoms with Crippen LogP contribution in [-0.2, 0) is 24.6 Å². The summed E-state index contributed by atoms with van der Waals surface area (Å²) in [6.45, 7) is 0.351. The molecule has 2 amide bonds. The molecule has 4 rings (SSSR count). The lowest BCUT2D eigenvalue weighted by molar-refractivity contribution is -0.137.